The summed E-state index contributed by atoms with van der Waals surface area (Å²) >= 11 is 0. The summed E-state index contributed by atoms with van der Waals surface area (Å²) in [6.07, 6.45) is 3.60. The molecular weight excluding hydrogens is 424 g/mol. The lowest BCUT2D eigenvalue weighted by molar-refractivity contribution is -0.384. The molecule has 2 saturated carbocycles. The molecular formula is C22H23F2N3O5. The number of nitrogens with one attached hydrogen (secondary N) is 1. The smallest absolute Gasteiger partial charge is 0.387 e. The van der Waals surface area contributed by atoms with Gasteiger partial charge in [-0.3, -0.25) is 14.9 Å². The Morgan fingerprint density at radius 1 is 1.19 bits per heavy atom. The number of rotatable bonds is 10. The molecule has 10 heteroatoms. The van der Waals surface area contributed by atoms with Crippen molar-refractivity contribution in [2.75, 3.05) is 12.4 Å². The number of carbonyl (C=O) groups is 1. The van der Waals surface area contributed by atoms with Crippen LogP contribution in [0.1, 0.15) is 41.6 Å². The van der Waals surface area contributed by atoms with Crippen LogP contribution in [0.2, 0.25) is 0 Å². The predicted molar refractivity (Wildman–Crippen MR) is 112 cm³/mol. The molecule has 0 aromatic heterocycles. The molecule has 2 fully saturated rings. The van der Waals surface area contributed by atoms with E-state index in [9.17, 15) is 23.7 Å². The SMILES string of the molecule is COc1cc(CN(C(=O)c2ccc(NC3CC3)c([N+](=O)[O-])c2)C2CC2)ccc1OC(F)F. The van der Waals surface area contributed by atoms with Gasteiger partial charge in [-0.05, 0) is 55.5 Å². The van der Waals surface area contributed by atoms with Crippen LogP contribution in [0.3, 0.4) is 0 Å². The van der Waals surface area contributed by atoms with Gasteiger partial charge in [-0.2, -0.15) is 8.78 Å². The minimum atomic E-state index is -2.98. The number of halogens is 2. The van der Waals surface area contributed by atoms with E-state index in [2.05, 4.69) is 10.1 Å². The number of hydrogen-bond donors (Lipinski definition) is 1. The van der Waals surface area contributed by atoms with Crippen molar-refractivity contribution in [1.29, 1.82) is 0 Å². The van der Waals surface area contributed by atoms with Crippen LogP contribution in [0.5, 0.6) is 11.5 Å². The van der Waals surface area contributed by atoms with Gasteiger partial charge in [0.25, 0.3) is 11.6 Å². The first-order valence-corrected chi connectivity index (χ1v) is 10.3. The largest absolute Gasteiger partial charge is 0.493 e. The Balaban J connectivity index is 1.56. The monoisotopic (exact) mass is 447 g/mol. The highest BCUT2D eigenvalue weighted by Gasteiger charge is 2.34. The van der Waals surface area contributed by atoms with Gasteiger partial charge in [0.2, 0.25) is 0 Å². The number of nitro groups is 1. The Hall–Kier alpha value is -3.43. The molecule has 0 spiro atoms. The average molecular weight is 447 g/mol. The molecule has 4 rings (SSSR count). The van der Waals surface area contributed by atoms with Crippen LogP contribution < -0.4 is 14.8 Å². The standard InChI is InChI=1S/C22H23F2N3O5/c1-31-20-10-13(2-9-19(20)32-22(23)24)12-26(16-6-7-16)21(28)14-3-8-17(25-15-4-5-15)18(11-14)27(29)30/h2-3,8-11,15-16,22,25H,4-7,12H2,1H3. The third kappa shape index (κ3) is 5.06. The summed E-state index contributed by atoms with van der Waals surface area (Å²) < 4.78 is 34.7. The van der Waals surface area contributed by atoms with Crippen molar-refractivity contribution >= 4 is 17.3 Å². The van der Waals surface area contributed by atoms with Gasteiger partial charge in [0.1, 0.15) is 5.69 Å². The average Bonchev–Trinajstić information content (AvgIpc) is 3.67. The minimum Gasteiger partial charge on any atom is -0.493 e. The molecule has 2 aromatic carbocycles. The summed E-state index contributed by atoms with van der Waals surface area (Å²) in [5, 5.41) is 14.7. The van der Waals surface area contributed by atoms with E-state index in [1.807, 2.05) is 0 Å². The summed E-state index contributed by atoms with van der Waals surface area (Å²) in [6, 6.07) is 9.25. The summed E-state index contributed by atoms with van der Waals surface area (Å²) in [7, 11) is 1.34. The van der Waals surface area contributed by atoms with Crippen LogP contribution >= 0.6 is 0 Å². The Morgan fingerprint density at radius 2 is 1.94 bits per heavy atom. The number of methoxy groups -OCH3 is 1. The van der Waals surface area contributed by atoms with E-state index in [1.165, 1.54) is 19.2 Å². The summed E-state index contributed by atoms with van der Waals surface area (Å²) in [5.74, 6) is -0.275. The molecule has 2 aliphatic carbocycles. The Morgan fingerprint density at radius 3 is 2.53 bits per heavy atom. The van der Waals surface area contributed by atoms with Gasteiger partial charge in [0, 0.05) is 30.3 Å². The second-order valence-corrected chi connectivity index (χ2v) is 7.94. The van der Waals surface area contributed by atoms with E-state index >= 15 is 0 Å². The lowest BCUT2D eigenvalue weighted by Gasteiger charge is -2.23. The molecule has 2 aliphatic rings. The first kappa shape index (κ1) is 21.8. The number of amides is 1. The van der Waals surface area contributed by atoms with E-state index in [4.69, 9.17) is 4.74 Å². The van der Waals surface area contributed by atoms with Gasteiger partial charge in [-0.15, -0.1) is 0 Å². The third-order valence-electron chi connectivity index (χ3n) is 5.42. The van der Waals surface area contributed by atoms with E-state index in [1.54, 1.807) is 29.2 Å². The molecule has 1 amide bonds. The molecule has 8 nitrogen and oxygen atoms in total. The lowest BCUT2D eigenvalue weighted by Crippen LogP contribution is -2.32. The minimum absolute atomic E-state index is 0.0220. The highest BCUT2D eigenvalue weighted by atomic mass is 19.3. The van der Waals surface area contributed by atoms with Gasteiger partial charge in [0.15, 0.2) is 11.5 Å². The van der Waals surface area contributed by atoms with Crippen molar-refractivity contribution < 1.29 is 28.0 Å². The normalized spacial score (nSPS) is 15.4. The van der Waals surface area contributed by atoms with Gasteiger partial charge < -0.3 is 19.7 Å². The summed E-state index contributed by atoms with van der Waals surface area (Å²) in [4.78, 5) is 25.9. The predicted octanol–water partition coefficient (Wildman–Crippen LogP) is 4.58. The molecule has 0 heterocycles. The number of nitrogens with zero attached hydrogens (tertiary/aromatic N) is 2. The summed E-state index contributed by atoms with van der Waals surface area (Å²) in [6.45, 7) is -2.77. The Labute approximate surface area is 183 Å². The van der Waals surface area contributed by atoms with E-state index in [0.29, 0.717) is 11.3 Å². The van der Waals surface area contributed by atoms with Crippen LogP contribution in [0.25, 0.3) is 0 Å². The highest BCUT2D eigenvalue weighted by molar-refractivity contribution is 5.96. The molecule has 0 atom stereocenters. The number of ether oxygens (including phenoxy) is 2. The summed E-state index contributed by atoms with van der Waals surface area (Å²) in [5.41, 5.74) is 1.18. The van der Waals surface area contributed by atoms with Crippen molar-refractivity contribution in [2.45, 2.75) is 50.9 Å². The first-order chi connectivity index (χ1) is 15.4. The van der Waals surface area contributed by atoms with Crippen molar-refractivity contribution in [2.24, 2.45) is 0 Å². The second-order valence-electron chi connectivity index (χ2n) is 7.94. The van der Waals surface area contributed by atoms with E-state index < -0.39 is 11.5 Å². The van der Waals surface area contributed by atoms with Gasteiger partial charge >= 0.3 is 6.61 Å². The van der Waals surface area contributed by atoms with E-state index in [-0.39, 0.29) is 47.3 Å². The molecule has 0 radical (unpaired) electrons. The van der Waals surface area contributed by atoms with Crippen LogP contribution in [-0.4, -0.2) is 41.5 Å². The molecule has 0 unspecified atom stereocenters. The first-order valence-electron chi connectivity index (χ1n) is 10.3. The van der Waals surface area contributed by atoms with Crippen molar-refractivity contribution in [3.63, 3.8) is 0 Å². The van der Waals surface area contributed by atoms with Crippen LogP contribution in [0.4, 0.5) is 20.2 Å². The maximum atomic E-state index is 13.2. The zero-order valence-electron chi connectivity index (χ0n) is 17.4. The second kappa shape index (κ2) is 8.97. The topological polar surface area (TPSA) is 93.9 Å². The van der Waals surface area contributed by atoms with Crippen LogP contribution in [0, 0.1) is 10.1 Å². The maximum Gasteiger partial charge on any atom is 0.387 e. The zero-order valence-corrected chi connectivity index (χ0v) is 17.4. The lowest BCUT2D eigenvalue weighted by atomic mass is 10.1. The van der Waals surface area contributed by atoms with Gasteiger partial charge in [-0.25, -0.2) is 0 Å². The molecule has 0 aliphatic heterocycles. The third-order valence-corrected chi connectivity index (χ3v) is 5.42. The van der Waals surface area contributed by atoms with Gasteiger partial charge in [-0.1, -0.05) is 6.07 Å². The van der Waals surface area contributed by atoms with Crippen LogP contribution in [-0.2, 0) is 6.54 Å². The van der Waals surface area contributed by atoms with Gasteiger partial charge in [0.05, 0.1) is 12.0 Å². The zero-order chi connectivity index (χ0) is 22.8. The molecule has 170 valence electrons. The fourth-order valence-electron chi connectivity index (χ4n) is 3.50. The van der Waals surface area contributed by atoms with Crippen molar-refractivity contribution in [3.05, 3.63) is 57.6 Å². The maximum absolute atomic E-state index is 13.2. The molecule has 2 aromatic rings. The number of hydrogen-bond acceptors (Lipinski definition) is 6. The van der Waals surface area contributed by atoms with E-state index in [0.717, 1.165) is 25.7 Å². The molecule has 1 N–H and O–H groups in total. The molecule has 32 heavy (non-hydrogen) atoms. The highest BCUT2D eigenvalue weighted by Crippen LogP contribution is 2.35. The van der Waals surface area contributed by atoms with Crippen molar-refractivity contribution in [1.82, 2.24) is 4.90 Å². The number of alkyl halides is 2. The van der Waals surface area contributed by atoms with Crippen LogP contribution in [0.15, 0.2) is 36.4 Å². The Kier molecular flexibility index (Phi) is 6.11. The molecule has 0 bridgehead atoms. The number of benzene rings is 2. The number of nitro benzene ring substituents is 1. The quantitative estimate of drug-likeness (QED) is 0.423. The molecule has 0 saturated heterocycles. The number of carbonyl (C=O) groups excluding carboxylic acids is 1. The van der Waals surface area contributed by atoms with Crippen molar-refractivity contribution in [3.8, 4) is 11.5 Å². The fraction of sp³-hybridized carbons (Fsp3) is 0.409. The Bertz CT molecular complexity index is 1020. The fourth-order valence-corrected chi connectivity index (χ4v) is 3.50. The number of anilines is 1.